The number of carbonyl (C=O) groups is 2. The number of piperazine rings is 1. The van der Waals surface area contributed by atoms with Crippen molar-refractivity contribution in [1.29, 1.82) is 0 Å². The van der Waals surface area contributed by atoms with Gasteiger partial charge in [-0.25, -0.2) is 4.98 Å². The van der Waals surface area contributed by atoms with Crippen molar-refractivity contribution in [2.45, 2.75) is 13.8 Å². The fourth-order valence-electron chi connectivity index (χ4n) is 4.46. The summed E-state index contributed by atoms with van der Waals surface area (Å²) >= 11 is 0. The predicted molar refractivity (Wildman–Crippen MR) is 131 cm³/mol. The molecule has 1 aliphatic rings. The zero-order valence-electron chi connectivity index (χ0n) is 20.0. The molecule has 0 bridgehead atoms. The van der Waals surface area contributed by atoms with Crippen LogP contribution in [0.15, 0.2) is 47.0 Å². The van der Waals surface area contributed by atoms with Gasteiger partial charge in [-0.15, -0.1) is 0 Å². The van der Waals surface area contributed by atoms with E-state index in [1.807, 2.05) is 60.2 Å². The molecule has 10 heteroatoms. The molecule has 4 aromatic rings. The van der Waals surface area contributed by atoms with E-state index in [1.54, 1.807) is 17.7 Å². The van der Waals surface area contributed by atoms with Crippen LogP contribution in [0.2, 0.25) is 0 Å². The third-order valence-electron chi connectivity index (χ3n) is 6.19. The minimum Gasteiger partial charge on any atom is -0.360 e. The molecule has 180 valence electrons. The highest BCUT2D eigenvalue weighted by Gasteiger charge is 2.27. The van der Waals surface area contributed by atoms with E-state index in [0.717, 1.165) is 22.3 Å². The Balaban J connectivity index is 1.32. The summed E-state index contributed by atoms with van der Waals surface area (Å²) in [6, 6.07) is 13.4. The number of hydrogen-bond acceptors (Lipinski definition) is 7. The molecule has 5 rings (SSSR count). The number of aryl methyl sites for hydroxylation is 3. The molecule has 1 fully saturated rings. The van der Waals surface area contributed by atoms with Crippen LogP contribution in [0.4, 0.5) is 5.82 Å². The smallest absolute Gasteiger partial charge is 0.254 e. The maximum absolute atomic E-state index is 13.7. The average molecular weight is 474 g/mol. The number of anilines is 1. The number of nitrogens with zero attached hydrogens (tertiary/aromatic N) is 6. The van der Waals surface area contributed by atoms with Gasteiger partial charge in [-0.05, 0) is 19.9 Å². The summed E-state index contributed by atoms with van der Waals surface area (Å²) < 4.78 is 6.70. The Morgan fingerprint density at radius 1 is 1.06 bits per heavy atom. The fourth-order valence-corrected chi connectivity index (χ4v) is 4.46. The van der Waals surface area contributed by atoms with Crippen molar-refractivity contribution in [3.05, 3.63) is 59.5 Å². The summed E-state index contributed by atoms with van der Waals surface area (Å²) in [6.07, 6.45) is 0. The van der Waals surface area contributed by atoms with E-state index in [1.165, 1.54) is 0 Å². The van der Waals surface area contributed by atoms with Crippen LogP contribution in [0.1, 0.15) is 21.8 Å². The second-order valence-electron chi connectivity index (χ2n) is 8.77. The van der Waals surface area contributed by atoms with Gasteiger partial charge in [0.2, 0.25) is 5.91 Å². The second kappa shape index (κ2) is 9.30. The van der Waals surface area contributed by atoms with Crippen LogP contribution >= 0.6 is 0 Å². The number of aromatic nitrogens is 4. The van der Waals surface area contributed by atoms with Gasteiger partial charge in [-0.1, -0.05) is 35.5 Å². The van der Waals surface area contributed by atoms with Gasteiger partial charge in [0.1, 0.15) is 5.76 Å². The first kappa shape index (κ1) is 22.7. The molecule has 10 nitrogen and oxygen atoms in total. The Hall–Kier alpha value is -4.05. The van der Waals surface area contributed by atoms with E-state index >= 15 is 0 Å². The Morgan fingerprint density at radius 2 is 1.80 bits per heavy atom. The monoisotopic (exact) mass is 473 g/mol. The van der Waals surface area contributed by atoms with Crippen molar-refractivity contribution in [2.24, 2.45) is 7.05 Å². The van der Waals surface area contributed by atoms with E-state index < -0.39 is 0 Å². The Bertz CT molecular complexity index is 1390. The summed E-state index contributed by atoms with van der Waals surface area (Å²) in [5.41, 5.74) is 3.75. The van der Waals surface area contributed by atoms with Crippen LogP contribution in [-0.4, -0.2) is 74.3 Å². The van der Waals surface area contributed by atoms with Gasteiger partial charge in [0.05, 0.1) is 28.9 Å². The van der Waals surface area contributed by atoms with Gasteiger partial charge in [0, 0.05) is 44.9 Å². The SMILES string of the molecule is Cc1cc(NC(=O)CN2CCN(C(=O)c3cc(-c4ccccc4)nc4c3c(C)nn4C)CC2)no1. The molecule has 1 aliphatic heterocycles. The molecule has 1 N–H and O–H groups in total. The lowest BCUT2D eigenvalue weighted by Gasteiger charge is -2.34. The second-order valence-corrected chi connectivity index (χ2v) is 8.77. The first-order chi connectivity index (χ1) is 16.9. The van der Waals surface area contributed by atoms with Crippen molar-refractivity contribution in [1.82, 2.24) is 29.7 Å². The average Bonchev–Trinajstić information content (AvgIpc) is 3.40. The third-order valence-corrected chi connectivity index (χ3v) is 6.19. The Labute approximate surface area is 202 Å². The largest absolute Gasteiger partial charge is 0.360 e. The zero-order valence-corrected chi connectivity index (χ0v) is 20.0. The van der Waals surface area contributed by atoms with E-state index in [2.05, 4.69) is 15.6 Å². The van der Waals surface area contributed by atoms with Crippen molar-refractivity contribution < 1.29 is 14.1 Å². The molecule has 3 aromatic heterocycles. The van der Waals surface area contributed by atoms with Crippen LogP contribution in [0, 0.1) is 13.8 Å². The molecular weight excluding hydrogens is 446 g/mol. The molecule has 2 amide bonds. The number of hydrogen-bond donors (Lipinski definition) is 1. The minimum atomic E-state index is -0.160. The number of rotatable bonds is 5. The van der Waals surface area contributed by atoms with Crippen LogP contribution in [0.5, 0.6) is 0 Å². The molecule has 1 saturated heterocycles. The van der Waals surface area contributed by atoms with E-state index in [9.17, 15) is 9.59 Å². The molecule has 0 atom stereocenters. The van der Waals surface area contributed by atoms with Crippen LogP contribution in [0.3, 0.4) is 0 Å². The number of benzene rings is 1. The first-order valence-corrected chi connectivity index (χ1v) is 11.5. The number of amides is 2. The molecule has 0 aliphatic carbocycles. The topological polar surface area (TPSA) is 109 Å². The van der Waals surface area contributed by atoms with Gasteiger partial charge in [-0.3, -0.25) is 19.2 Å². The van der Waals surface area contributed by atoms with Gasteiger partial charge < -0.3 is 14.7 Å². The maximum Gasteiger partial charge on any atom is 0.254 e. The quantitative estimate of drug-likeness (QED) is 0.475. The van der Waals surface area contributed by atoms with Crippen LogP contribution in [0.25, 0.3) is 22.3 Å². The highest BCUT2D eigenvalue weighted by atomic mass is 16.5. The third kappa shape index (κ3) is 4.65. The summed E-state index contributed by atoms with van der Waals surface area (Å²) in [5.74, 6) is 0.835. The maximum atomic E-state index is 13.7. The van der Waals surface area contributed by atoms with Gasteiger partial charge in [-0.2, -0.15) is 5.10 Å². The van der Waals surface area contributed by atoms with Crippen LogP contribution in [-0.2, 0) is 11.8 Å². The summed E-state index contributed by atoms with van der Waals surface area (Å²) in [5, 5.41) is 11.8. The normalized spacial score (nSPS) is 14.4. The highest BCUT2D eigenvalue weighted by molar-refractivity contribution is 6.07. The molecule has 0 radical (unpaired) electrons. The number of pyridine rings is 1. The molecule has 0 saturated carbocycles. The molecule has 1 aromatic carbocycles. The lowest BCUT2D eigenvalue weighted by atomic mass is 10.0. The number of fused-ring (bicyclic) bond motifs is 1. The van der Waals surface area contributed by atoms with Gasteiger partial charge in [0.15, 0.2) is 11.5 Å². The lowest BCUT2D eigenvalue weighted by molar-refractivity contribution is -0.117. The number of nitrogens with one attached hydrogen (secondary N) is 1. The summed E-state index contributed by atoms with van der Waals surface area (Å²) in [6.45, 7) is 6.15. The van der Waals surface area contributed by atoms with Gasteiger partial charge in [0.25, 0.3) is 5.91 Å². The summed E-state index contributed by atoms with van der Waals surface area (Å²) in [4.78, 5) is 34.7. The number of carbonyl (C=O) groups excluding carboxylic acids is 2. The van der Waals surface area contributed by atoms with Crippen molar-refractivity contribution in [2.75, 3.05) is 38.0 Å². The van der Waals surface area contributed by atoms with Crippen molar-refractivity contribution >= 4 is 28.7 Å². The van der Waals surface area contributed by atoms with E-state index in [4.69, 9.17) is 9.51 Å². The Kier molecular flexibility index (Phi) is 6.04. The first-order valence-electron chi connectivity index (χ1n) is 11.5. The molecule has 0 spiro atoms. The Morgan fingerprint density at radius 3 is 2.49 bits per heavy atom. The zero-order chi connectivity index (χ0) is 24.5. The highest BCUT2D eigenvalue weighted by Crippen LogP contribution is 2.28. The van der Waals surface area contributed by atoms with E-state index in [-0.39, 0.29) is 18.4 Å². The molecule has 0 unspecified atom stereocenters. The van der Waals surface area contributed by atoms with Crippen molar-refractivity contribution in [3.63, 3.8) is 0 Å². The standard InChI is InChI=1S/C25H27N7O3/c1-16-13-21(29-35-16)27-22(33)15-31-9-11-32(12-10-31)25(34)19-14-20(18-7-5-4-6-8-18)26-24-23(19)17(2)28-30(24)3/h4-8,13-14H,9-12,15H2,1-3H3,(H,27,29,33). The minimum absolute atomic E-state index is 0.0483. The van der Waals surface area contributed by atoms with Gasteiger partial charge >= 0.3 is 0 Å². The van der Waals surface area contributed by atoms with Crippen molar-refractivity contribution in [3.8, 4) is 11.3 Å². The lowest BCUT2D eigenvalue weighted by Crippen LogP contribution is -2.50. The van der Waals surface area contributed by atoms with E-state index in [0.29, 0.717) is 49.0 Å². The predicted octanol–water partition coefficient (Wildman–Crippen LogP) is 2.64. The van der Waals surface area contributed by atoms with Crippen LogP contribution < -0.4 is 5.32 Å². The fraction of sp³-hybridized carbons (Fsp3) is 0.320. The molecular formula is C25H27N7O3. The summed E-state index contributed by atoms with van der Waals surface area (Å²) in [7, 11) is 1.84. The molecule has 4 heterocycles. The molecule has 35 heavy (non-hydrogen) atoms.